The van der Waals surface area contributed by atoms with Crippen molar-refractivity contribution in [2.75, 3.05) is 11.9 Å². The standard InChI is InChI=1S/C20H27N5O4/c1-12-7-16(29-24-12)10-19(26)21-18-11-17(22-23-18)14-5-4-13(8-14)9-15-3-2-6-25(15)20(27)28/h7,11,13-15H,2-6,8-10H2,1H3,(H,27,28)(H2,21,22,23,26)/t13?,14?,15-/m0/s1. The van der Waals surface area contributed by atoms with Crippen molar-refractivity contribution in [1.29, 1.82) is 0 Å². The van der Waals surface area contributed by atoms with E-state index in [1.807, 2.05) is 13.0 Å². The smallest absolute Gasteiger partial charge is 0.407 e. The Labute approximate surface area is 168 Å². The largest absolute Gasteiger partial charge is 0.465 e. The lowest BCUT2D eigenvalue weighted by atomic mass is 9.95. The zero-order chi connectivity index (χ0) is 20.4. The molecule has 1 saturated heterocycles. The number of likely N-dealkylation sites (tertiary alicyclic amines) is 1. The van der Waals surface area contributed by atoms with E-state index < -0.39 is 6.09 Å². The number of nitrogens with one attached hydrogen (secondary N) is 2. The third-order valence-corrected chi connectivity index (χ3v) is 6.09. The molecule has 2 aliphatic rings. The maximum absolute atomic E-state index is 12.1. The molecule has 29 heavy (non-hydrogen) atoms. The number of carbonyl (C=O) groups excluding carboxylic acids is 1. The van der Waals surface area contributed by atoms with E-state index in [9.17, 15) is 14.7 Å². The molecular weight excluding hydrogens is 374 g/mol. The Morgan fingerprint density at radius 3 is 2.97 bits per heavy atom. The summed E-state index contributed by atoms with van der Waals surface area (Å²) >= 11 is 0. The minimum Gasteiger partial charge on any atom is -0.465 e. The van der Waals surface area contributed by atoms with Crippen molar-refractivity contribution in [2.24, 2.45) is 5.92 Å². The van der Waals surface area contributed by atoms with Crippen LogP contribution >= 0.6 is 0 Å². The Hall–Kier alpha value is -2.84. The molecule has 156 valence electrons. The van der Waals surface area contributed by atoms with Crippen molar-refractivity contribution in [2.45, 2.75) is 63.8 Å². The van der Waals surface area contributed by atoms with Gasteiger partial charge in [0.25, 0.3) is 0 Å². The molecule has 9 heteroatoms. The molecule has 2 aromatic heterocycles. The maximum Gasteiger partial charge on any atom is 0.407 e. The van der Waals surface area contributed by atoms with E-state index in [-0.39, 0.29) is 18.4 Å². The van der Waals surface area contributed by atoms with Gasteiger partial charge < -0.3 is 19.8 Å². The summed E-state index contributed by atoms with van der Waals surface area (Å²) in [5.41, 5.74) is 1.77. The van der Waals surface area contributed by atoms with E-state index in [0.29, 0.717) is 30.0 Å². The molecule has 2 amide bonds. The summed E-state index contributed by atoms with van der Waals surface area (Å²) in [5, 5.41) is 23.2. The number of rotatable bonds is 6. The molecule has 2 aromatic rings. The zero-order valence-corrected chi connectivity index (χ0v) is 16.6. The van der Waals surface area contributed by atoms with Gasteiger partial charge in [-0.25, -0.2) is 4.79 Å². The molecule has 9 nitrogen and oxygen atoms in total. The summed E-state index contributed by atoms with van der Waals surface area (Å²) in [6, 6.07) is 3.80. The number of nitrogens with zero attached hydrogens (tertiary/aromatic N) is 3. The topological polar surface area (TPSA) is 124 Å². The van der Waals surface area contributed by atoms with Gasteiger partial charge in [0.15, 0.2) is 5.82 Å². The average molecular weight is 401 g/mol. The molecule has 1 aliphatic carbocycles. The number of carbonyl (C=O) groups is 2. The molecule has 0 bridgehead atoms. The van der Waals surface area contributed by atoms with Gasteiger partial charge in [-0.05, 0) is 51.4 Å². The van der Waals surface area contributed by atoms with E-state index in [4.69, 9.17) is 4.52 Å². The van der Waals surface area contributed by atoms with Crippen molar-refractivity contribution in [3.05, 3.63) is 29.3 Å². The highest BCUT2D eigenvalue weighted by molar-refractivity contribution is 5.91. The van der Waals surface area contributed by atoms with Gasteiger partial charge in [-0.2, -0.15) is 5.10 Å². The first-order chi connectivity index (χ1) is 14.0. The highest BCUT2D eigenvalue weighted by Gasteiger charge is 2.34. The second-order valence-electron chi connectivity index (χ2n) is 8.25. The average Bonchev–Trinajstić information content (AvgIpc) is 3.43. The van der Waals surface area contributed by atoms with E-state index in [2.05, 4.69) is 20.7 Å². The van der Waals surface area contributed by atoms with Crippen LogP contribution in [0, 0.1) is 12.8 Å². The summed E-state index contributed by atoms with van der Waals surface area (Å²) in [7, 11) is 0. The van der Waals surface area contributed by atoms with Crippen LogP contribution in [0.2, 0.25) is 0 Å². The molecule has 3 atom stereocenters. The number of H-pyrrole nitrogens is 1. The molecule has 4 rings (SSSR count). The molecule has 0 radical (unpaired) electrons. The van der Waals surface area contributed by atoms with Crippen LogP contribution in [0.4, 0.5) is 10.6 Å². The fraction of sp³-hybridized carbons (Fsp3) is 0.600. The fourth-order valence-corrected chi connectivity index (χ4v) is 4.74. The Bertz CT molecular complexity index is 876. The molecule has 2 fully saturated rings. The van der Waals surface area contributed by atoms with E-state index in [1.54, 1.807) is 11.0 Å². The molecule has 3 heterocycles. The lowest BCUT2D eigenvalue weighted by molar-refractivity contribution is -0.115. The number of hydrogen-bond acceptors (Lipinski definition) is 5. The van der Waals surface area contributed by atoms with Crippen molar-refractivity contribution in [1.82, 2.24) is 20.3 Å². The van der Waals surface area contributed by atoms with Crippen molar-refractivity contribution >= 4 is 17.8 Å². The second kappa shape index (κ2) is 8.26. The predicted octanol–water partition coefficient (Wildman–Crippen LogP) is 3.30. The van der Waals surface area contributed by atoms with E-state index in [1.165, 1.54) is 0 Å². The zero-order valence-electron chi connectivity index (χ0n) is 16.6. The first-order valence-corrected chi connectivity index (χ1v) is 10.2. The molecule has 1 saturated carbocycles. The number of amides is 2. The van der Waals surface area contributed by atoms with E-state index >= 15 is 0 Å². The number of hydrogen-bond donors (Lipinski definition) is 3. The quantitative estimate of drug-likeness (QED) is 0.682. The Kier molecular flexibility index (Phi) is 5.55. The van der Waals surface area contributed by atoms with Gasteiger partial charge in [0.05, 0.1) is 12.1 Å². The summed E-state index contributed by atoms with van der Waals surface area (Å²) < 4.78 is 5.07. The van der Waals surface area contributed by atoms with Crippen LogP contribution in [-0.4, -0.2) is 49.9 Å². The summed E-state index contributed by atoms with van der Waals surface area (Å²) in [5.74, 6) is 1.74. The minimum absolute atomic E-state index is 0.121. The van der Waals surface area contributed by atoms with Crippen molar-refractivity contribution in [3.8, 4) is 0 Å². The lowest BCUT2D eigenvalue weighted by Gasteiger charge is -2.24. The van der Waals surface area contributed by atoms with Gasteiger partial charge in [-0.3, -0.25) is 9.89 Å². The SMILES string of the molecule is Cc1cc(CC(=O)Nc2cc(C3CCC(C[C@@H]4CCCN4C(=O)O)C3)[nH]n2)on1. The lowest BCUT2D eigenvalue weighted by Crippen LogP contribution is -2.35. The highest BCUT2D eigenvalue weighted by Crippen LogP contribution is 2.41. The van der Waals surface area contributed by atoms with Gasteiger partial charge in [-0.1, -0.05) is 5.16 Å². The monoisotopic (exact) mass is 401 g/mol. The van der Waals surface area contributed by atoms with Crippen LogP contribution in [0.5, 0.6) is 0 Å². The molecule has 0 aromatic carbocycles. The number of carboxylic acid groups (broad SMARTS) is 1. The van der Waals surface area contributed by atoms with E-state index in [0.717, 1.165) is 49.9 Å². The van der Waals surface area contributed by atoms with Crippen LogP contribution in [0.3, 0.4) is 0 Å². The normalized spacial score (nSPS) is 24.2. The first kappa shape index (κ1) is 19.5. The van der Waals surface area contributed by atoms with Crippen LogP contribution in [0.25, 0.3) is 0 Å². The van der Waals surface area contributed by atoms with Gasteiger partial charge in [0, 0.05) is 36.3 Å². The highest BCUT2D eigenvalue weighted by atomic mass is 16.5. The van der Waals surface area contributed by atoms with Gasteiger partial charge in [-0.15, -0.1) is 0 Å². The van der Waals surface area contributed by atoms with Gasteiger partial charge in [0.2, 0.25) is 5.91 Å². The Morgan fingerprint density at radius 2 is 2.21 bits per heavy atom. The van der Waals surface area contributed by atoms with Crippen LogP contribution in [-0.2, 0) is 11.2 Å². The molecule has 2 unspecified atom stereocenters. The van der Waals surface area contributed by atoms with Crippen LogP contribution in [0.1, 0.15) is 61.6 Å². The summed E-state index contributed by atoms with van der Waals surface area (Å²) in [4.78, 5) is 25.1. The third kappa shape index (κ3) is 4.60. The first-order valence-electron chi connectivity index (χ1n) is 10.2. The number of aromatic amines is 1. The predicted molar refractivity (Wildman–Crippen MR) is 105 cm³/mol. The number of aromatic nitrogens is 3. The maximum atomic E-state index is 12.1. The Balaban J connectivity index is 1.28. The van der Waals surface area contributed by atoms with Crippen molar-refractivity contribution in [3.63, 3.8) is 0 Å². The van der Waals surface area contributed by atoms with Crippen LogP contribution < -0.4 is 5.32 Å². The molecule has 1 aliphatic heterocycles. The third-order valence-electron chi connectivity index (χ3n) is 6.09. The number of anilines is 1. The fourth-order valence-electron chi connectivity index (χ4n) is 4.74. The molecule has 3 N–H and O–H groups in total. The van der Waals surface area contributed by atoms with Gasteiger partial charge in [0.1, 0.15) is 5.76 Å². The molecule has 0 spiro atoms. The van der Waals surface area contributed by atoms with Gasteiger partial charge >= 0.3 is 6.09 Å². The number of aryl methyl sites for hydroxylation is 1. The summed E-state index contributed by atoms with van der Waals surface area (Å²) in [6.07, 6.45) is 5.38. The Morgan fingerprint density at radius 1 is 1.34 bits per heavy atom. The van der Waals surface area contributed by atoms with Crippen molar-refractivity contribution < 1.29 is 19.2 Å². The minimum atomic E-state index is -0.795. The second-order valence-corrected chi connectivity index (χ2v) is 8.25. The molecular formula is C20H27N5O4. The summed E-state index contributed by atoms with van der Waals surface area (Å²) in [6.45, 7) is 2.47. The van der Waals surface area contributed by atoms with Crippen LogP contribution in [0.15, 0.2) is 16.7 Å².